The first-order chi connectivity index (χ1) is 27.4. The molecule has 4 fully saturated rings. The molecular weight excluding hydrogens is 745 g/mol. The van der Waals surface area contributed by atoms with Crippen LogP contribution in [0.1, 0.15) is 106 Å². The van der Waals surface area contributed by atoms with Crippen LogP contribution >= 0.6 is 0 Å². The van der Waals surface area contributed by atoms with Crippen molar-refractivity contribution < 1.29 is 43.0 Å². The molecule has 4 aliphatic rings. The van der Waals surface area contributed by atoms with Gasteiger partial charge in [-0.05, 0) is 101 Å². The van der Waals surface area contributed by atoms with Crippen molar-refractivity contribution in [2.75, 3.05) is 27.8 Å². The van der Waals surface area contributed by atoms with Gasteiger partial charge in [-0.3, -0.25) is 24.0 Å². The summed E-state index contributed by atoms with van der Waals surface area (Å²) < 4.78 is 16.9. The molecule has 0 unspecified atom stereocenters. The third kappa shape index (κ3) is 12.1. The summed E-state index contributed by atoms with van der Waals surface area (Å²) in [4.78, 5) is 79.4. The van der Waals surface area contributed by atoms with Crippen LogP contribution in [0, 0.1) is 11.8 Å². The second-order valence-corrected chi connectivity index (χ2v) is 17.1. The number of hydrogen-bond acceptors (Lipinski definition) is 10. The van der Waals surface area contributed by atoms with Gasteiger partial charge in [0, 0.05) is 44.6 Å². The molecule has 320 valence electrons. The van der Waals surface area contributed by atoms with Crippen LogP contribution < -0.4 is 30.7 Å². The van der Waals surface area contributed by atoms with Gasteiger partial charge < -0.3 is 40.4 Å². The van der Waals surface area contributed by atoms with Gasteiger partial charge in [0.05, 0.1) is 19.3 Å². The third-order valence-corrected chi connectivity index (χ3v) is 11.4. The Kier molecular flexibility index (Phi) is 15.7. The van der Waals surface area contributed by atoms with Crippen LogP contribution in [0.2, 0.25) is 0 Å². The summed E-state index contributed by atoms with van der Waals surface area (Å²) in [6, 6.07) is 5.33. The van der Waals surface area contributed by atoms with E-state index in [1.54, 1.807) is 32.4 Å². The SMILES string of the molecule is CC(=O)C=O.CC[C@@H]1C[C@]1(NC(=O)[C@@H]1C[C@@H](Oc2nccc3cc(OC)ccc23)CN1C(=O)[C@@H](NC(=O)NC(C)(C)C)C1CCCCC1)C(=O)NC.COC1(C)CC1. The summed E-state index contributed by atoms with van der Waals surface area (Å²) in [7, 11) is 4.94. The van der Waals surface area contributed by atoms with Crippen LogP contribution in [0.25, 0.3) is 10.8 Å². The smallest absolute Gasteiger partial charge is 0.315 e. The summed E-state index contributed by atoms with van der Waals surface area (Å²) in [6.07, 6.45) is 10.00. The number of likely N-dealkylation sites (tertiary alicyclic amines) is 1. The molecule has 15 heteroatoms. The van der Waals surface area contributed by atoms with Crippen molar-refractivity contribution in [3.8, 4) is 11.6 Å². The molecular formula is C43H64N6O9. The van der Waals surface area contributed by atoms with E-state index in [-0.39, 0.29) is 42.9 Å². The number of hydrogen-bond donors (Lipinski definition) is 4. The van der Waals surface area contributed by atoms with Gasteiger partial charge >= 0.3 is 6.03 Å². The maximum Gasteiger partial charge on any atom is 0.315 e. The number of nitrogens with one attached hydrogen (secondary N) is 4. The Hall–Kier alpha value is -4.79. The minimum Gasteiger partial charge on any atom is -0.497 e. The molecule has 1 aromatic carbocycles. The van der Waals surface area contributed by atoms with E-state index in [4.69, 9.17) is 19.0 Å². The lowest BCUT2D eigenvalue weighted by atomic mass is 9.83. The van der Waals surface area contributed by atoms with Crippen molar-refractivity contribution in [1.82, 2.24) is 31.2 Å². The quantitative estimate of drug-likeness (QED) is 0.174. The maximum atomic E-state index is 14.6. The number of amides is 5. The maximum absolute atomic E-state index is 14.6. The van der Waals surface area contributed by atoms with E-state index in [1.165, 1.54) is 19.8 Å². The highest BCUT2D eigenvalue weighted by Crippen LogP contribution is 2.46. The molecule has 3 saturated carbocycles. The zero-order valence-electron chi connectivity index (χ0n) is 35.7. The molecule has 2 heterocycles. The lowest BCUT2D eigenvalue weighted by Gasteiger charge is -2.35. The number of pyridine rings is 1. The number of ketones is 1. The number of fused-ring (bicyclic) bond motifs is 1. The third-order valence-electron chi connectivity index (χ3n) is 11.4. The van der Waals surface area contributed by atoms with Gasteiger partial charge in [0.2, 0.25) is 23.6 Å². The normalized spacial score (nSPS) is 23.7. The van der Waals surface area contributed by atoms with Crippen LogP contribution in [0.4, 0.5) is 4.79 Å². The zero-order chi connectivity index (χ0) is 42.8. The number of nitrogens with zero attached hydrogens (tertiary/aromatic N) is 2. The minimum absolute atomic E-state index is 0.0126. The van der Waals surface area contributed by atoms with Crippen molar-refractivity contribution in [3.05, 3.63) is 30.5 Å². The Bertz CT molecular complexity index is 1790. The summed E-state index contributed by atoms with van der Waals surface area (Å²) in [6.45, 7) is 11.1. The number of Topliss-reactive ketones (excluding diaryl/α,β-unsaturated/α-hetero) is 1. The van der Waals surface area contributed by atoms with Crippen molar-refractivity contribution in [1.29, 1.82) is 0 Å². The molecule has 5 amide bonds. The average molecular weight is 809 g/mol. The predicted molar refractivity (Wildman–Crippen MR) is 219 cm³/mol. The van der Waals surface area contributed by atoms with E-state index >= 15 is 0 Å². The Labute approximate surface area is 342 Å². The fraction of sp³-hybridized carbons (Fsp3) is 0.651. The number of carbonyl (C=O) groups excluding carboxylic acids is 6. The van der Waals surface area contributed by atoms with E-state index in [0.29, 0.717) is 23.7 Å². The van der Waals surface area contributed by atoms with Crippen LogP contribution in [-0.2, 0) is 28.7 Å². The monoisotopic (exact) mass is 808 g/mol. The number of rotatable bonds is 12. The molecule has 58 heavy (non-hydrogen) atoms. The second-order valence-electron chi connectivity index (χ2n) is 17.1. The molecule has 6 rings (SSSR count). The van der Waals surface area contributed by atoms with Gasteiger partial charge in [0.1, 0.15) is 29.5 Å². The van der Waals surface area contributed by atoms with E-state index < -0.39 is 47.0 Å². The number of ether oxygens (including phenoxy) is 3. The van der Waals surface area contributed by atoms with Crippen LogP contribution in [-0.4, -0.2) is 108 Å². The molecule has 2 aromatic rings. The van der Waals surface area contributed by atoms with Gasteiger partial charge in [-0.15, -0.1) is 0 Å². The first-order valence-corrected chi connectivity index (χ1v) is 20.5. The zero-order valence-corrected chi connectivity index (χ0v) is 35.7. The number of benzene rings is 1. The van der Waals surface area contributed by atoms with E-state index in [0.717, 1.165) is 49.3 Å². The first kappa shape index (κ1) is 45.9. The lowest BCUT2D eigenvalue weighted by Crippen LogP contribution is -2.60. The van der Waals surface area contributed by atoms with E-state index in [2.05, 4.69) is 33.2 Å². The van der Waals surface area contributed by atoms with Gasteiger partial charge in [0.25, 0.3) is 0 Å². The number of aldehydes is 1. The van der Waals surface area contributed by atoms with Gasteiger partial charge in [-0.25, -0.2) is 9.78 Å². The van der Waals surface area contributed by atoms with Crippen LogP contribution in [0.3, 0.4) is 0 Å². The predicted octanol–water partition coefficient (Wildman–Crippen LogP) is 4.63. The molecule has 0 bridgehead atoms. The molecule has 0 spiro atoms. The molecule has 0 radical (unpaired) electrons. The van der Waals surface area contributed by atoms with Gasteiger partial charge in [-0.1, -0.05) is 32.6 Å². The standard InChI is InChI=1S/C35H50N6O6.C5H10O.C3H4O2/c1-7-23-19-35(23,32(44)36-5)39-29(42)27-18-25(47-30-26-14-13-24(46-6)17-22(26)15-16-37-30)20-41(27)31(43)28(21-11-9-8-10-12-21)38-33(45)40-34(2,3)4;1-5(6-2)3-4-5;1-3(5)2-4/h13-17,21,23,25,27-28H,7-12,18-20H2,1-6H3,(H,36,44)(H,39,42)(H2,38,40,45);3-4H2,1-2H3;2H,1H3/t23-,25-,27+,28+,35-;;/m1../s1. The highest BCUT2D eigenvalue weighted by molar-refractivity contribution is 6.23. The Morgan fingerprint density at radius 2 is 1.72 bits per heavy atom. The number of aromatic nitrogens is 1. The van der Waals surface area contributed by atoms with E-state index in [9.17, 15) is 24.0 Å². The minimum atomic E-state index is -1.00. The van der Waals surface area contributed by atoms with Gasteiger partial charge in [-0.2, -0.15) is 0 Å². The van der Waals surface area contributed by atoms with Crippen molar-refractivity contribution in [3.63, 3.8) is 0 Å². The Morgan fingerprint density at radius 1 is 1.05 bits per heavy atom. The van der Waals surface area contributed by atoms with Crippen LogP contribution in [0.15, 0.2) is 30.5 Å². The van der Waals surface area contributed by atoms with Gasteiger partial charge in [0.15, 0.2) is 12.1 Å². The largest absolute Gasteiger partial charge is 0.497 e. The first-order valence-electron chi connectivity index (χ1n) is 20.5. The fourth-order valence-corrected chi connectivity index (χ4v) is 7.64. The van der Waals surface area contributed by atoms with Crippen LogP contribution in [0.5, 0.6) is 11.6 Å². The molecule has 3 aliphatic carbocycles. The Morgan fingerprint density at radius 3 is 2.24 bits per heavy atom. The molecule has 5 atom stereocenters. The summed E-state index contributed by atoms with van der Waals surface area (Å²) in [5.74, 6) is -0.339. The summed E-state index contributed by atoms with van der Waals surface area (Å²) >= 11 is 0. The summed E-state index contributed by atoms with van der Waals surface area (Å²) in [5.41, 5.74) is -1.21. The molecule has 15 nitrogen and oxygen atoms in total. The number of methoxy groups -OCH3 is 2. The second kappa shape index (κ2) is 19.8. The molecule has 4 N–H and O–H groups in total. The summed E-state index contributed by atoms with van der Waals surface area (Å²) in [5, 5.41) is 13.3. The molecule has 1 aliphatic heterocycles. The number of urea groups is 1. The number of carbonyl (C=O) groups is 6. The van der Waals surface area contributed by atoms with Crippen molar-refractivity contribution in [2.45, 2.75) is 141 Å². The topological polar surface area (TPSA) is 194 Å². The highest BCUT2D eigenvalue weighted by Gasteiger charge is 2.61. The number of likely N-dealkylation sites (N-methyl/N-ethyl adjacent to an activating group) is 1. The lowest BCUT2D eigenvalue weighted by molar-refractivity contribution is -0.142. The molecule has 1 saturated heterocycles. The fourth-order valence-electron chi connectivity index (χ4n) is 7.64. The molecule has 1 aromatic heterocycles. The van der Waals surface area contributed by atoms with Crippen molar-refractivity contribution in [2.24, 2.45) is 11.8 Å². The van der Waals surface area contributed by atoms with E-state index in [1.807, 2.05) is 52.0 Å². The highest BCUT2D eigenvalue weighted by atomic mass is 16.5. The Balaban J connectivity index is 0.000000589. The van der Waals surface area contributed by atoms with Crippen molar-refractivity contribution >= 4 is 46.6 Å². The average Bonchev–Trinajstić information content (AvgIpc) is 4.09.